The molecule has 0 bridgehead atoms. The number of benzene rings is 2. The van der Waals surface area contributed by atoms with Crippen molar-refractivity contribution in [3.63, 3.8) is 0 Å². The van der Waals surface area contributed by atoms with Gasteiger partial charge in [-0.3, -0.25) is 4.79 Å². The van der Waals surface area contributed by atoms with Crippen molar-refractivity contribution in [2.24, 2.45) is 0 Å². The van der Waals surface area contributed by atoms with Gasteiger partial charge >= 0.3 is 5.97 Å². The molecule has 1 N–H and O–H groups in total. The lowest BCUT2D eigenvalue weighted by Gasteiger charge is -2.07. The van der Waals surface area contributed by atoms with Gasteiger partial charge in [0.25, 0.3) is 0 Å². The van der Waals surface area contributed by atoms with Gasteiger partial charge in [-0.15, -0.1) is 0 Å². The molecule has 2 aromatic carbocycles. The van der Waals surface area contributed by atoms with Gasteiger partial charge in [0.15, 0.2) is 0 Å². The lowest BCUT2D eigenvalue weighted by Crippen LogP contribution is -1.97. The van der Waals surface area contributed by atoms with Crippen LogP contribution in [0.5, 0.6) is 0 Å². The Balaban J connectivity index is 2.23. The van der Waals surface area contributed by atoms with Gasteiger partial charge < -0.3 is 5.11 Å². The van der Waals surface area contributed by atoms with E-state index in [1.54, 1.807) is 24.3 Å². The first-order valence-electron chi connectivity index (χ1n) is 7.26. The second-order valence-corrected chi connectivity index (χ2v) is 6.37. The van der Waals surface area contributed by atoms with Crippen LogP contribution in [0.2, 0.25) is 10.0 Å². The zero-order chi connectivity index (χ0) is 17.4. The van der Waals surface area contributed by atoms with E-state index in [0.29, 0.717) is 26.7 Å². The Morgan fingerprint density at radius 1 is 1.17 bits per heavy atom. The standard InChI is InChI=1S/C19H13Cl2FO2/c1-10-13(8-16-17(20)3-2-4-18(16)21)12-6-5-11(22)7-15(12)14(10)9-19(23)24/h2-8H,9H2,1H3,(H,23,24). The molecule has 5 heteroatoms. The highest BCUT2D eigenvalue weighted by atomic mass is 35.5. The highest BCUT2D eigenvalue weighted by Crippen LogP contribution is 2.44. The van der Waals surface area contributed by atoms with E-state index in [9.17, 15) is 9.18 Å². The molecule has 2 aromatic rings. The Morgan fingerprint density at radius 3 is 2.46 bits per heavy atom. The number of hydrogen-bond donors (Lipinski definition) is 1. The summed E-state index contributed by atoms with van der Waals surface area (Å²) in [5.74, 6) is -1.36. The number of aliphatic carboxylic acids is 1. The molecule has 0 saturated heterocycles. The first-order valence-corrected chi connectivity index (χ1v) is 8.02. The quantitative estimate of drug-likeness (QED) is 0.733. The Kier molecular flexibility index (Phi) is 4.48. The molecule has 1 aliphatic carbocycles. The average molecular weight is 363 g/mol. The van der Waals surface area contributed by atoms with Gasteiger partial charge in [0.05, 0.1) is 6.42 Å². The van der Waals surface area contributed by atoms with Crippen LogP contribution in [0, 0.1) is 5.82 Å². The van der Waals surface area contributed by atoms with Crippen LogP contribution in [-0.2, 0) is 4.79 Å². The zero-order valence-corrected chi connectivity index (χ0v) is 14.2. The number of carbonyl (C=O) groups is 1. The molecule has 0 atom stereocenters. The van der Waals surface area contributed by atoms with Crippen molar-refractivity contribution in [1.29, 1.82) is 0 Å². The highest BCUT2D eigenvalue weighted by molar-refractivity contribution is 6.37. The van der Waals surface area contributed by atoms with Crippen molar-refractivity contribution in [3.05, 3.63) is 74.5 Å². The van der Waals surface area contributed by atoms with Crippen LogP contribution in [-0.4, -0.2) is 11.1 Å². The monoisotopic (exact) mass is 362 g/mol. The number of rotatable bonds is 3. The van der Waals surface area contributed by atoms with E-state index in [1.165, 1.54) is 12.1 Å². The maximum atomic E-state index is 13.7. The van der Waals surface area contributed by atoms with E-state index in [-0.39, 0.29) is 6.42 Å². The van der Waals surface area contributed by atoms with Crippen LogP contribution < -0.4 is 0 Å². The fourth-order valence-corrected chi connectivity index (χ4v) is 3.43. The summed E-state index contributed by atoms with van der Waals surface area (Å²) in [6, 6.07) is 9.60. The maximum absolute atomic E-state index is 13.7. The molecule has 0 heterocycles. The second kappa shape index (κ2) is 6.42. The van der Waals surface area contributed by atoms with Gasteiger partial charge in [-0.1, -0.05) is 35.3 Å². The summed E-state index contributed by atoms with van der Waals surface area (Å²) >= 11 is 12.5. The summed E-state index contributed by atoms with van der Waals surface area (Å²) in [6.07, 6.45) is 1.65. The minimum atomic E-state index is -0.961. The third-order valence-corrected chi connectivity index (χ3v) is 4.73. The number of fused-ring (bicyclic) bond motifs is 1. The summed E-state index contributed by atoms with van der Waals surface area (Å²) in [7, 11) is 0. The third kappa shape index (κ3) is 2.97. The first-order chi connectivity index (χ1) is 11.4. The Labute approximate surface area is 148 Å². The smallest absolute Gasteiger partial charge is 0.307 e. The van der Waals surface area contributed by atoms with Crippen LogP contribution >= 0.6 is 23.2 Å². The molecule has 1 aliphatic rings. The van der Waals surface area contributed by atoms with Crippen molar-refractivity contribution >= 4 is 46.4 Å². The number of allylic oxidation sites excluding steroid dienone is 2. The van der Waals surface area contributed by atoms with E-state index in [4.69, 9.17) is 28.3 Å². The van der Waals surface area contributed by atoms with Crippen LogP contribution in [0.15, 0.2) is 42.0 Å². The third-order valence-electron chi connectivity index (χ3n) is 4.07. The minimum Gasteiger partial charge on any atom is -0.481 e. The molecule has 0 radical (unpaired) electrons. The maximum Gasteiger partial charge on any atom is 0.307 e. The lowest BCUT2D eigenvalue weighted by molar-refractivity contribution is -0.135. The topological polar surface area (TPSA) is 37.3 Å². The number of carboxylic acid groups (broad SMARTS) is 1. The van der Waals surface area contributed by atoms with Crippen LogP contribution in [0.1, 0.15) is 30.0 Å². The molecule has 0 aliphatic heterocycles. The fourth-order valence-electron chi connectivity index (χ4n) is 2.93. The fraction of sp³-hybridized carbons (Fsp3) is 0.105. The highest BCUT2D eigenvalue weighted by Gasteiger charge is 2.26. The van der Waals surface area contributed by atoms with Crippen LogP contribution in [0.4, 0.5) is 4.39 Å². The van der Waals surface area contributed by atoms with Crippen molar-refractivity contribution in [2.75, 3.05) is 0 Å². The normalized spacial score (nSPS) is 15.1. The van der Waals surface area contributed by atoms with Gasteiger partial charge in [-0.2, -0.15) is 0 Å². The summed E-state index contributed by atoms with van der Waals surface area (Å²) in [4.78, 5) is 11.2. The minimum absolute atomic E-state index is 0.171. The Hall–Kier alpha value is -2.10. The SMILES string of the molecule is CC1=C(CC(=O)O)c2cc(F)ccc2C1=Cc1c(Cl)cccc1Cl. The lowest BCUT2D eigenvalue weighted by atomic mass is 10.0. The molecule has 24 heavy (non-hydrogen) atoms. The Morgan fingerprint density at radius 2 is 1.83 bits per heavy atom. The molecule has 0 fully saturated rings. The molecule has 0 unspecified atom stereocenters. The molecule has 2 nitrogen and oxygen atoms in total. The van der Waals surface area contributed by atoms with E-state index in [0.717, 1.165) is 16.7 Å². The summed E-state index contributed by atoms with van der Waals surface area (Å²) < 4.78 is 13.7. The molecule has 0 aromatic heterocycles. The molecular formula is C19H13Cl2FO2. The average Bonchev–Trinajstić information content (AvgIpc) is 2.75. The molecule has 0 saturated carbocycles. The second-order valence-electron chi connectivity index (χ2n) is 5.56. The molecule has 0 spiro atoms. The van der Waals surface area contributed by atoms with Crippen molar-refractivity contribution in [2.45, 2.75) is 13.3 Å². The number of hydrogen-bond acceptors (Lipinski definition) is 1. The largest absolute Gasteiger partial charge is 0.481 e. The van der Waals surface area contributed by atoms with Gasteiger partial charge in [0.1, 0.15) is 5.82 Å². The number of halogens is 3. The van der Waals surface area contributed by atoms with Crippen LogP contribution in [0.3, 0.4) is 0 Å². The van der Waals surface area contributed by atoms with E-state index in [2.05, 4.69) is 0 Å². The van der Waals surface area contributed by atoms with Gasteiger partial charge in [-0.05, 0) is 65.1 Å². The molecular weight excluding hydrogens is 350 g/mol. The molecule has 0 amide bonds. The Bertz CT molecular complexity index is 893. The number of carboxylic acids is 1. The van der Waals surface area contributed by atoms with E-state index < -0.39 is 11.8 Å². The first kappa shape index (κ1) is 16.7. The predicted octanol–water partition coefficient (Wildman–Crippen LogP) is 5.93. The van der Waals surface area contributed by atoms with Crippen molar-refractivity contribution in [3.8, 4) is 0 Å². The van der Waals surface area contributed by atoms with E-state index in [1.807, 2.05) is 13.0 Å². The van der Waals surface area contributed by atoms with Gasteiger partial charge in [0, 0.05) is 15.6 Å². The molecule has 3 rings (SSSR count). The van der Waals surface area contributed by atoms with Gasteiger partial charge in [-0.25, -0.2) is 4.39 Å². The van der Waals surface area contributed by atoms with E-state index >= 15 is 0 Å². The predicted molar refractivity (Wildman–Crippen MR) is 95.6 cm³/mol. The van der Waals surface area contributed by atoms with Crippen molar-refractivity contribution < 1.29 is 14.3 Å². The van der Waals surface area contributed by atoms with Gasteiger partial charge in [0.2, 0.25) is 0 Å². The summed E-state index contributed by atoms with van der Waals surface area (Å²) in [6.45, 7) is 1.83. The molecule has 122 valence electrons. The van der Waals surface area contributed by atoms with Crippen LogP contribution in [0.25, 0.3) is 17.2 Å². The zero-order valence-electron chi connectivity index (χ0n) is 12.7. The summed E-state index contributed by atoms with van der Waals surface area (Å²) in [5, 5.41) is 10.2. The summed E-state index contributed by atoms with van der Waals surface area (Å²) in [5.41, 5.74) is 4.23. The van der Waals surface area contributed by atoms with Crippen molar-refractivity contribution in [1.82, 2.24) is 0 Å².